The van der Waals surface area contributed by atoms with Crippen molar-refractivity contribution in [3.05, 3.63) is 65.2 Å². The molecule has 0 saturated heterocycles. The van der Waals surface area contributed by atoms with Gasteiger partial charge in [-0.3, -0.25) is 4.79 Å². The van der Waals surface area contributed by atoms with Gasteiger partial charge in [-0.15, -0.1) is 0 Å². The van der Waals surface area contributed by atoms with Crippen LogP contribution in [0.1, 0.15) is 49.2 Å². The Hall–Kier alpha value is -2.62. The second-order valence-electron chi connectivity index (χ2n) is 6.54. The Morgan fingerprint density at radius 3 is 1.96 bits per heavy atom. The zero-order chi connectivity index (χ0) is 17.0. The molecule has 2 N–H and O–H groups in total. The van der Waals surface area contributed by atoms with Crippen LogP contribution in [0.4, 0.5) is 5.69 Å². The van der Waals surface area contributed by atoms with Crippen LogP contribution in [0.2, 0.25) is 0 Å². The molecular weight excluding hydrogens is 288 g/mol. The summed E-state index contributed by atoms with van der Waals surface area (Å²) in [4.78, 5) is 12.3. The average molecular weight is 310 g/mol. The quantitative estimate of drug-likeness (QED) is 0.500. The number of nitrogens with zero attached hydrogens (tertiary/aromatic N) is 1. The van der Waals surface area contributed by atoms with Crippen molar-refractivity contribution in [1.82, 2.24) is 0 Å². The molecule has 0 fully saturated rings. The van der Waals surface area contributed by atoms with Crippen LogP contribution in [0.5, 0.6) is 0 Å². The first-order valence-corrected chi connectivity index (χ1v) is 7.52. The molecule has 0 saturated carbocycles. The van der Waals surface area contributed by atoms with Crippen LogP contribution in [0.3, 0.4) is 0 Å². The van der Waals surface area contributed by atoms with E-state index in [1.165, 1.54) is 5.56 Å². The van der Waals surface area contributed by atoms with Crippen molar-refractivity contribution in [2.24, 2.45) is 5.16 Å². The maximum absolute atomic E-state index is 12.3. The van der Waals surface area contributed by atoms with Crippen LogP contribution >= 0.6 is 0 Å². The normalized spacial score (nSPS) is 12.1. The number of amides is 1. The highest BCUT2D eigenvalue weighted by Gasteiger charge is 2.13. The molecule has 4 nitrogen and oxygen atoms in total. The summed E-state index contributed by atoms with van der Waals surface area (Å²) in [6, 6.07) is 14.8. The summed E-state index contributed by atoms with van der Waals surface area (Å²) in [5.41, 5.74) is 3.91. The van der Waals surface area contributed by atoms with Gasteiger partial charge in [0.2, 0.25) is 0 Å². The maximum Gasteiger partial charge on any atom is 0.255 e. The molecule has 0 spiro atoms. The van der Waals surface area contributed by atoms with Gasteiger partial charge in [0.1, 0.15) is 0 Å². The van der Waals surface area contributed by atoms with E-state index < -0.39 is 0 Å². The maximum atomic E-state index is 12.3. The predicted octanol–water partition coefficient (Wildman–Crippen LogP) is 4.43. The van der Waals surface area contributed by atoms with Crippen molar-refractivity contribution >= 4 is 17.3 Å². The molecular formula is C19H22N2O2. The van der Waals surface area contributed by atoms with Crippen molar-refractivity contribution in [1.29, 1.82) is 0 Å². The Kier molecular flexibility index (Phi) is 4.84. The lowest BCUT2D eigenvalue weighted by atomic mass is 9.87. The van der Waals surface area contributed by atoms with Gasteiger partial charge in [-0.05, 0) is 47.7 Å². The van der Waals surface area contributed by atoms with Gasteiger partial charge in [-0.25, -0.2) is 0 Å². The van der Waals surface area contributed by atoms with Crippen LogP contribution < -0.4 is 5.32 Å². The van der Waals surface area contributed by atoms with Gasteiger partial charge in [0.05, 0.1) is 5.71 Å². The van der Waals surface area contributed by atoms with E-state index in [2.05, 4.69) is 31.2 Å². The SMILES string of the molecule is C/C(=N\O)c1ccc(C(=O)Nc2ccc(C(C)(C)C)cc2)cc1. The lowest BCUT2D eigenvalue weighted by Crippen LogP contribution is -2.13. The molecule has 2 aromatic rings. The number of carbonyl (C=O) groups excluding carboxylic acids is 1. The highest BCUT2D eigenvalue weighted by Crippen LogP contribution is 2.23. The van der Waals surface area contributed by atoms with Crippen molar-refractivity contribution in [2.45, 2.75) is 33.1 Å². The predicted molar refractivity (Wildman–Crippen MR) is 93.5 cm³/mol. The van der Waals surface area contributed by atoms with Crippen LogP contribution in [0.15, 0.2) is 53.7 Å². The third-order valence-corrected chi connectivity index (χ3v) is 3.72. The zero-order valence-corrected chi connectivity index (χ0v) is 13.9. The Labute approximate surface area is 136 Å². The molecule has 23 heavy (non-hydrogen) atoms. The minimum Gasteiger partial charge on any atom is -0.411 e. The van der Waals surface area contributed by atoms with Gasteiger partial charge >= 0.3 is 0 Å². The summed E-state index contributed by atoms with van der Waals surface area (Å²) >= 11 is 0. The number of anilines is 1. The number of hydrogen-bond acceptors (Lipinski definition) is 3. The largest absolute Gasteiger partial charge is 0.411 e. The van der Waals surface area contributed by atoms with Gasteiger partial charge < -0.3 is 10.5 Å². The molecule has 0 heterocycles. The van der Waals surface area contributed by atoms with Gasteiger partial charge in [0, 0.05) is 11.3 Å². The number of oxime groups is 1. The van der Waals surface area contributed by atoms with Crippen LogP contribution in [-0.4, -0.2) is 16.8 Å². The molecule has 0 aliphatic rings. The van der Waals surface area contributed by atoms with Gasteiger partial charge in [0.15, 0.2) is 0 Å². The minimum absolute atomic E-state index is 0.0878. The molecule has 2 aromatic carbocycles. The summed E-state index contributed by atoms with van der Waals surface area (Å²) in [6.07, 6.45) is 0. The molecule has 0 aliphatic heterocycles. The fraction of sp³-hybridized carbons (Fsp3) is 0.263. The smallest absolute Gasteiger partial charge is 0.255 e. The van der Waals surface area contributed by atoms with Gasteiger partial charge in [-0.1, -0.05) is 50.2 Å². The first-order valence-electron chi connectivity index (χ1n) is 7.52. The van der Waals surface area contributed by atoms with E-state index in [-0.39, 0.29) is 11.3 Å². The molecule has 1 amide bonds. The average Bonchev–Trinajstić information content (AvgIpc) is 2.54. The summed E-state index contributed by atoms with van der Waals surface area (Å²) in [5, 5.41) is 14.8. The molecule has 0 unspecified atom stereocenters. The summed E-state index contributed by atoms with van der Waals surface area (Å²) in [5.74, 6) is -0.168. The van der Waals surface area contributed by atoms with E-state index in [1.807, 2.05) is 24.3 Å². The minimum atomic E-state index is -0.168. The number of rotatable bonds is 3. The number of hydrogen-bond donors (Lipinski definition) is 2. The fourth-order valence-corrected chi connectivity index (χ4v) is 2.18. The van der Waals surface area contributed by atoms with E-state index in [0.29, 0.717) is 11.3 Å². The Bertz CT molecular complexity index is 709. The Balaban J connectivity index is 2.10. The molecule has 0 aliphatic carbocycles. The lowest BCUT2D eigenvalue weighted by molar-refractivity contribution is 0.102. The first kappa shape index (κ1) is 16.7. The molecule has 2 rings (SSSR count). The van der Waals surface area contributed by atoms with Crippen molar-refractivity contribution in [3.63, 3.8) is 0 Å². The van der Waals surface area contributed by atoms with Crippen LogP contribution in [0.25, 0.3) is 0 Å². The van der Waals surface area contributed by atoms with E-state index in [1.54, 1.807) is 31.2 Å². The van der Waals surface area contributed by atoms with E-state index >= 15 is 0 Å². The van der Waals surface area contributed by atoms with E-state index in [9.17, 15) is 4.79 Å². The molecule has 120 valence electrons. The van der Waals surface area contributed by atoms with Crippen molar-refractivity contribution in [3.8, 4) is 0 Å². The summed E-state index contributed by atoms with van der Waals surface area (Å²) in [6.45, 7) is 8.16. The molecule has 0 bridgehead atoms. The summed E-state index contributed by atoms with van der Waals surface area (Å²) < 4.78 is 0. The number of nitrogens with one attached hydrogen (secondary N) is 1. The second kappa shape index (κ2) is 6.65. The third-order valence-electron chi connectivity index (χ3n) is 3.72. The molecule has 0 atom stereocenters. The van der Waals surface area contributed by atoms with E-state index in [4.69, 9.17) is 5.21 Å². The lowest BCUT2D eigenvalue weighted by Gasteiger charge is -2.19. The monoisotopic (exact) mass is 310 g/mol. The van der Waals surface area contributed by atoms with Gasteiger partial charge in [-0.2, -0.15) is 0 Å². The van der Waals surface area contributed by atoms with Crippen molar-refractivity contribution in [2.75, 3.05) is 5.32 Å². The van der Waals surface area contributed by atoms with E-state index in [0.717, 1.165) is 11.3 Å². The highest BCUT2D eigenvalue weighted by molar-refractivity contribution is 6.05. The Morgan fingerprint density at radius 1 is 0.957 bits per heavy atom. The first-order chi connectivity index (χ1) is 10.8. The number of benzene rings is 2. The topological polar surface area (TPSA) is 61.7 Å². The highest BCUT2D eigenvalue weighted by atomic mass is 16.4. The zero-order valence-electron chi connectivity index (χ0n) is 13.9. The third kappa shape index (κ3) is 4.19. The Morgan fingerprint density at radius 2 is 1.48 bits per heavy atom. The molecule has 0 aromatic heterocycles. The molecule has 0 radical (unpaired) electrons. The standard InChI is InChI=1S/C19H22N2O2/c1-13(21-23)14-5-7-15(8-6-14)18(22)20-17-11-9-16(10-12-17)19(2,3)4/h5-12,23H,1-4H3,(H,20,22)/b21-13+. The second-order valence-corrected chi connectivity index (χ2v) is 6.54. The number of carbonyl (C=O) groups is 1. The summed E-state index contributed by atoms with van der Waals surface area (Å²) in [7, 11) is 0. The van der Waals surface area contributed by atoms with Gasteiger partial charge in [0.25, 0.3) is 5.91 Å². The molecule has 4 heteroatoms. The van der Waals surface area contributed by atoms with Crippen LogP contribution in [-0.2, 0) is 5.41 Å². The fourth-order valence-electron chi connectivity index (χ4n) is 2.18. The van der Waals surface area contributed by atoms with Crippen LogP contribution in [0, 0.1) is 0 Å². The van der Waals surface area contributed by atoms with Crippen molar-refractivity contribution < 1.29 is 10.0 Å².